The topological polar surface area (TPSA) is 41.1 Å². The Kier molecular flexibility index (Phi) is 7.02. The lowest BCUT2D eigenvalue weighted by Crippen LogP contribution is -2.33. The number of amides is 1. The van der Waals surface area contributed by atoms with E-state index >= 15 is 0 Å². The fourth-order valence-electron chi connectivity index (χ4n) is 3.18. The molecule has 0 heterocycles. The molecule has 0 aromatic carbocycles. The minimum absolute atomic E-state index is 0. The first-order chi connectivity index (χ1) is 8.33. The lowest BCUT2D eigenvalue weighted by molar-refractivity contribution is -0.122. The summed E-state index contributed by atoms with van der Waals surface area (Å²) in [5.74, 6) is 2.22. The average molecular weight is 275 g/mol. The Bertz CT molecular complexity index is 254. The Balaban J connectivity index is 0.00000162. The van der Waals surface area contributed by atoms with Crippen molar-refractivity contribution in [1.29, 1.82) is 0 Å². The van der Waals surface area contributed by atoms with Crippen LogP contribution in [0.4, 0.5) is 0 Å². The van der Waals surface area contributed by atoms with Crippen molar-refractivity contribution in [3.8, 4) is 0 Å². The van der Waals surface area contributed by atoms with E-state index in [9.17, 15) is 4.79 Å². The van der Waals surface area contributed by atoms with E-state index in [1.54, 1.807) is 0 Å². The van der Waals surface area contributed by atoms with Crippen molar-refractivity contribution in [2.45, 2.75) is 45.4 Å². The van der Waals surface area contributed by atoms with Crippen molar-refractivity contribution < 1.29 is 4.79 Å². The number of hydrogen-bond acceptors (Lipinski definition) is 2. The minimum atomic E-state index is 0. The predicted octanol–water partition coefficient (Wildman–Crippen LogP) is 2.35. The molecular weight excluding hydrogens is 248 g/mol. The fraction of sp³-hybridized carbons (Fsp3) is 0.929. The van der Waals surface area contributed by atoms with Crippen LogP contribution in [0, 0.1) is 17.8 Å². The molecule has 1 amide bonds. The summed E-state index contributed by atoms with van der Waals surface area (Å²) in [6, 6.07) is 0. The van der Waals surface area contributed by atoms with Gasteiger partial charge in [-0.2, -0.15) is 0 Å². The third-order valence-corrected chi connectivity index (χ3v) is 4.28. The van der Waals surface area contributed by atoms with Crippen LogP contribution in [0.25, 0.3) is 0 Å². The zero-order valence-corrected chi connectivity index (χ0v) is 12.2. The van der Waals surface area contributed by atoms with Crippen molar-refractivity contribution in [3.05, 3.63) is 0 Å². The van der Waals surface area contributed by atoms with Gasteiger partial charge >= 0.3 is 0 Å². The van der Waals surface area contributed by atoms with Crippen LogP contribution in [-0.2, 0) is 4.79 Å². The number of carbonyl (C=O) groups excluding carboxylic acids is 1. The second-order valence-electron chi connectivity index (χ2n) is 5.55. The molecule has 0 saturated heterocycles. The van der Waals surface area contributed by atoms with Gasteiger partial charge in [0.25, 0.3) is 0 Å². The van der Waals surface area contributed by atoms with E-state index < -0.39 is 0 Å². The van der Waals surface area contributed by atoms with Crippen LogP contribution in [0.1, 0.15) is 45.4 Å². The SMILES string of the molecule is CCNCCNC(=O)C1CC1C1CCCCC1.Cl. The van der Waals surface area contributed by atoms with E-state index in [1.165, 1.54) is 32.1 Å². The first-order valence-electron chi connectivity index (χ1n) is 7.31. The largest absolute Gasteiger partial charge is 0.355 e. The molecule has 2 aliphatic carbocycles. The quantitative estimate of drug-likeness (QED) is 0.730. The molecular formula is C14H27ClN2O. The maximum atomic E-state index is 11.9. The van der Waals surface area contributed by atoms with Crippen LogP contribution in [0.5, 0.6) is 0 Å². The number of halogens is 1. The van der Waals surface area contributed by atoms with Crippen LogP contribution >= 0.6 is 12.4 Å². The van der Waals surface area contributed by atoms with Gasteiger partial charge in [0, 0.05) is 19.0 Å². The summed E-state index contributed by atoms with van der Waals surface area (Å²) >= 11 is 0. The van der Waals surface area contributed by atoms with Crippen LogP contribution in [0.15, 0.2) is 0 Å². The molecule has 2 N–H and O–H groups in total. The van der Waals surface area contributed by atoms with Gasteiger partial charge in [0.05, 0.1) is 0 Å². The van der Waals surface area contributed by atoms with Crippen LogP contribution in [0.2, 0.25) is 0 Å². The Morgan fingerprint density at radius 3 is 2.56 bits per heavy atom. The molecule has 0 spiro atoms. The molecule has 0 bridgehead atoms. The average Bonchev–Trinajstić information content (AvgIpc) is 3.16. The summed E-state index contributed by atoms with van der Waals surface area (Å²) in [7, 11) is 0. The van der Waals surface area contributed by atoms with E-state index in [0.29, 0.717) is 11.8 Å². The molecule has 2 atom stereocenters. The van der Waals surface area contributed by atoms with E-state index in [2.05, 4.69) is 17.6 Å². The van der Waals surface area contributed by atoms with Crippen molar-refractivity contribution in [1.82, 2.24) is 10.6 Å². The highest BCUT2D eigenvalue weighted by Crippen LogP contribution is 2.49. The lowest BCUT2D eigenvalue weighted by Gasteiger charge is -2.21. The number of nitrogens with one attached hydrogen (secondary N) is 2. The molecule has 2 unspecified atom stereocenters. The molecule has 2 fully saturated rings. The van der Waals surface area contributed by atoms with Gasteiger partial charge in [0.2, 0.25) is 5.91 Å². The fourth-order valence-corrected chi connectivity index (χ4v) is 3.18. The highest BCUT2D eigenvalue weighted by Gasteiger charge is 2.47. The van der Waals surface area contributed by atoms with Crippen molar-refractivity contribution >= 4 is 18.3 Å². The molecule has 4 heteroatoms. The van der Waals surface area contributed by atoms with Gasteiger partial charge in [-0.15, -0.1) is 12.4 Å². The Morgan fingerprint density at radius 1 is 1.17 bits per heavy atom. The van der Waals surface area contributed by atoms with Gasteiger partial charge in [-0.1, -0.05) is 39.0 Å². The summed E-state index contributed by atoms with van der Waals surface area (Å²) in [5.41, 5.74) is 0. The van der Waals surface area contributed by atoms with Crippen molar-refractivity contribution in [2.24, 2.45) is 17.8 Å². The van der Waals surface area contributed by atoms with Crippen LogP contribution in [0.3, 0.4) is 0 Å². The third-order valence-electron chi connectivity index (χ3n) is 4.28. The van der Waals surface area contributed by atoms with Crippen LogP contribution in [-0.4, -0.2) is 25.5 Å². The molecule has 0 aromatic rings. The Labute approximate surface area is 117 Å². The van der Waals surface area contributed by atoms with E-state index in [4.69, 9.17) is 0 Å². The zero-order chi connectivity index (χ0) is 12.1. The zero-order valence-electron chi connectivity index (χ0n) is 11.4. The minimum Gasteiger partial charge on any atom is -0.355 e. The molecule has 18 heavy (non-hydrogen) atoms. The summed E-state index contributed by atoms with van der Waals surface area (Å²) in [5, 5.41) is 6.27. The summed E-state index contributed by atoms with van der Waals surface area (Å²) < 4.78 is 0. The first-order valence-corrected chi connectivity index (χ1v) is 7.31. The molecule has 2 saturated carbocycles. The third kappa shape index (κ3) is 4.43. The number of likely N-dealkylation sites (N-methyl/N-ethyl adjacent to an activating group) is 1. The lowest BCUT2D eigenvalue weighted by atomic mass is 9.85. The van der Waals surface area contributed by atoms with E-state index in [0.717, 1.165) is 37.9 Å². The highest BCUT2D eigenvalue weighted by molar-refractivity contribution is 5.85. The van der Waals surface area contributed by atoms with Crippen molar-refractivity contribution in [2.75, 3.05) is 19.6 Å². The standard InChI is InChI=1S/C14H26N2O.ClH/c1-2-15-8-9-16-14(17)13-10-12(13)11-6-4-3-5-7-11;/h11-13,15H,2-10H2,1H3,(H,16,17);1H. The Hall–Kier alpha value is -0.280. The maximum Gasteiger partial charge on any atom is 0.223 e. The summed E-state index contributed by atoms with van der Waals surface area (Å²) in [6.07, 6.45) is 8.06. The second kappa shape index (κ2) is 8.00. The molecule has 106 valence electrons. The van der Waals surface area contributed by atoms with Gasteiger partial charge in [0.15, 0.2) is 0 Å². The Morgan fingerprint density at radius 2 is 1.89 bits per heavy atom. The molecule has 0 aliphatic heterocycles. The van der Waals surface area contributed by atoms with E-state index in [1.807, 2.05) is 0 Å². The maximum absolute atomic E-state index is 11.9. The summed E-state index contributed by atoms with van der Waals surface area (Å²) in [4.78, 5) is 11.9. The second-order valence-corrected chi connectivity index (χ2v) is 5.55. The van der Waals surface area contributed by atoms with Gasteiger partial charge in [-0.3, -0.25) is 4.79 Å². The molecule has 0 aromatic heterocycles. The number of rotatable bonds is 6. The predicted molar refractivity (Wildman–Crippen MR) is 77.0 cm³/mol. The van der Waals surface area contributed by atoms with Crippen molar-refractivity contribution in [3.63, 3.8) is 0 Å². The molecule has 2 rings (SSSR count). The summed E-state index contributed by atoms with van der Waals surface area (Å²) in [6.45, 7) is 4.73. The monoisotopic (exact) mass is 274 g/mol. The number of carbonyl (C=O) groups is 1. The highest BCUT2D eigenvalue weighted by atomic mass is 35.5. The molecule has 0 radical (unpaired) electrons. The first kappa shape index (κ1) is 15.8. The molecule has 2 aliphatic rings. The molecule has 3 nitrogen and oxygen atoms in total. The van der Waals surface area contributed by atoms with Gasteiger partial charge < -0.3 is 10.6 Å². The van der Waals surface area contributed by atoms with Crippen LogP contribution < -0.4 is 10.6 Å². The van der Waals surface area contributed by atoms with Gasteiger partial charge in [-0.25, -0.2) is 0 Å². The van der Waals surface area contributed by atoms with E-state index in [-0.39, 0.29) is 12.4 Å². The number of hydrogen-bond donors (Lipinski definition) is 2. The van der Waals surface area contributed by atoms with Gasteiger partial charge in [0.1, 0.15) is 0 Å². The smallest absolute Gasteiger partial charge is 0.223 e. The van der Waals surface area contributed by atoms with Gasteiger partial charge in [-0.05, 0) is 24.8 Å². The normalized spacial score (nSPS) is 27.4.